The van der Waals surface area contributed by atoms with Gasteiger partial charge in [0.05, 0.1) is 0 Å². The molecule has 1 saturated carbocycles. The van der Waals surface area contributed by atoms with Crippen LogP contribution >= 0.6 is 0 Å². The van der Waals surface area contributed by atoms with E-state index in [0.717, 1.165) is 26.1 Å². The first-order valence-corrected chi connectivity index (χ1v) is 7.02. The molecule has 0 unspecified atom stereocenters. The van der Waals surface area contributed by atoms with Gasteiger partial charge in [-0.2, -0.15) is 0 Å². The quantitative estimate of drug-likeness (QED) is 0.781. The number of nitrogens with zero attached hydrogens (tertiary/aromatic N) is 1. The third-order valence-corrected chi connectivity index (χ3v) is 4.23. The Hall–Kier alpha value is -0.770. The van der Waals surface area contributed by atoms with Crippen molar-refractivity contribution in [3.63, 3.8) is 0 Å². The molecule has 2 rings (SSSR count). The lowest BCUT2D eigenvalue weighted by Crippen LogP contribution is -2.36. The molecule has 0 bridgehead atoms. The zero-order valence-electron chi connectivity index (χ0n) is 11.9. The van der Waals surface area contributed by atoms with Crippen LogP contribution in [0.2, 0.25) is 0 Å². The molecular weight excluding hydrogens is 228 g/mol. The summed E-state index contributed by atoms with van der Waals surface area (Å²) in [6.07, 6.45) is 4.58. The minimum absolute atomic E-state index is 0.157. The third-order valence-electron chi connectivity index (χ3n) is 4.23. The third kappa shape index (κ3) is 2.97. The van der Waals surface area contributed by atoms with Crippen LogP contribution in [0.25, 0.3) is 0 Å². The Kier molecular flexibility index (Phi) is 3.58. The van der Waals surface area contributed by atoms with E-state index in [9.17, 15) is 4.79 Å². The number of ether oxygens (including phenoxy) is 1. The molecule has 2 N–H and O–H groups in total. The van der Waals surface area contributed by atoms with Gasteiger partial charge in [-0.3, -0.25) is 0 Å². The largest absolute Gasteiger partial charge is 0.444 e. The zero-order valence-corrected chi connectivity index (χ0v) is 11.9. The lowest BCUT2D eigenvalue weighted by atomic mass is 9.84. The van der Waals surface area contributed by atoms with Crippen LogP contribution in [0.15, 0.2) is 0 Å². The smallest absolute Gasteiger partial charge is 0.410 e. The van der Waals surface area contributed by atoms with Crippen molar-refractivity contribution in [3.8, 4) is 0 Å². The molecule has 0 radical (unpaired) electrons. The summed E-state index contributed by atoms with van der Waals surface area (Å²) in [5.41, 5.74) is 5.69. The van der Waals surface area contributed by atoms with E-state index in [1.54, 1.807) is 0 Å². The number of hydrogen-bond acceptors (Lipinski definition) is 3. The van der Waals surface area contributed by atoms with Gasteiger partial charge in [0.25, 0.3) is 0 Å². The summed E-state index contributed by atoms with van der Waals surface area (Å²) in [4.78, 5) is 13.9. The van der Waals surface area contributed by atoms with Crippen LogP contribution in [0.1, 0.15) is 46.5 Å². The summed E-state index contributed by atoms with van der Waals surface area (Å²) in [6.45, 7) is 8.23. The first-order chi connectivity index (χ1) is 8.34. The summed E-state index contributed by atoms with van der Waals surface area (Å²) in [5.74, 6) is 0.656. The molecule has 104 valence electrons. The van der Waals surface area contributed by atoms with Crippen LogP contribution in [0.5, 0.6) is 0 Å². The van der Waals surface area contributed by atoms with Crippen LogP contribution in [0, 0.1) is 11.3 Å². The van der Waals surface area contributed by atoms with Gasteiger partial charge in [-0.05, 0) is 64.3 Å². The van der Waals surface area contributed by atoms with Crippen LogP contribution in [-0.4, -0.2) is 36.2 Å². The Bertz CT molecular complexity index is 324. The number of hydrogen-bond donors (Lipinski definition) is 1. The highest BCUT2D eigenvalue weighted by molar-refractivity contribution is 5.68. The Morgan fingerprint density at radius 3 is 2.72 bits per heavy atom. The molecule has 2 atom stereocenters. The van der Waals surface area contributed by atoms with E-state index in [1.807, 2.05) is 25.7 Å². The van der Waals surface area contributed by atoms with Crippen LogP contribution in [0.4, 0.5) is 4.79 Å². The standard InChI is InChI=1S/C14H26N2O2/c1-13(2,3)18-12(17)16-7-6-14(10-16)5-4-11(8-14)9-15/h11H,4-10,15H2,1-3H3/t11-,14-/m1/s1. The van der Waals surface area contributed by atoms with Gasteiger partial charge in [0.2, 0.25) is 0 Å². The average Bonchev–Trinajstić information content (AvgIpc) is 2.84. The van der Waals surface area contributed by atoms with Gasteiger partial charge in [0.1, 0.15) is 5.60 Å². The summed E-state index contributed by atoms with van der Waals surface area (Å²) in [7, 11) is 0. The monoisotopic (exact) mass is 254 g/mol. The second-order valence-corrected chi connectivity index (χ2v) is 7.00. The fraction of sp³-hybridized carbons (Fsp3) is 0.929. The van der Waals surface area contributed by atoms with Crippen molar-refractivity contribution in [1.29, 1.82) is 0 Å². The summed E-state index contributed by atoms with van der Waals surface area (Å²) >= 11 is 0. The molecule has 1 aliphatic heterocycles. The van der Waals surface area contributed by atoms with Crippen molar-refractivity contribution >= 4 is 6.09 Å². The van der Waals surface area contributed by atoms with Crippen molar-refractivity contribution in [3.05, 3.63) is 0 Å². The Balaban J connectivity index is 1.91. The lowest BCUT2D eigenvalue weighted by Gasteiger charge is -2.27. The molecule has 0 aromatic heterocycles. The number of carbonyl (C=O) groups is 1. The molecule has 1 heterocycles. The molecule has 0 aromatic carbocycles. The maximum Gasteiger partial charge on any atom is 0.410 e. The van der Waals surface area contributed by atoms with Crippen LogP contribution in [-0.2, 0) is 4.74 Å². The molecular formula is C14H26N2O2. The highest BCUT2D eigenvalue weighted by Crippen LogP contribution is 2.47. The molecule has 1 saturated heterocycles. The first-order valence-electron chi connectivity index (χ1n) is 7.02. The fourth-order valence-electron chi connectivity index (χ4n) is 3.32. The Morgan fingerprint density at radius 2 is 2.17 bits per heavy atom. The van der Waals surface area contributed by atoms with E-state index >= 15 is 0 Å². The number of nitrogens with two attached hydrogens (primary N) is 1. The van der Waals surface area contributed by atoms with Gasteiger partial charge in [-0.25, -0.2) is 4.79 Å². The Labute approximate surface area is 110 Å². The highest BCUT2D eigenvalue weighted by atomic mass is 16.6. The number of carbonyl (C=O) groups excluding carboxylic acids is 1. The first kappa shape index (κ1) is 13.7. The molecule has 1 amide bonds. The van der Waals surface area contributed by atoms with E-state index in [4.69, 9.17) is 10.5 Å². The predicted octanol–water partition coefficient (Wildman–Crippen LogP) is 2.37. The van der Waals surface area contributed by atoms with Crippen molar-refractivity contribution < 1.29 is 9.53 Å². The minimum atomic E-state index is -0.400. The van der Waals surface area contributed by atoms with Gasteiger partial charge < -0.3 is 15.4 Å². The molecule has 2 aliphatic rings. The average molecular weight is 254 g/mol. The van der Waals surface area contributed by atoms with E-state index in [1.165, 1.54) is 19.3 Å². The van der Waals surface area contributed by atoms with Gasteiger partial charge in [-0.15, -0.1) is 0 Å². The van der Waals surface area contributed by atoms with Crippen LogP contribution < -0.4 is 5.73 Å². The second kappa shape index (κ2) is 4.72. The summed E-state index contributed by atoms with van der Waals surface area (Å²) in [6, 6.07) is 0. The molecule has 1 spiro atoms. The van der Waals surface area contributed by atoms with E-state index < -0.39 is 5.60 Å². The van der Waals surface area contributed by atoms with Crippen molar-refractivity contribution in [1.82, 2.24) is 4.90 Å². The van der Waals surface area contributed by atoms with E-state index in [-0.39, 0.29) is 6.09 Å². The lowest BCUT2D eigenvalue weighted by molar-refractivity contribution is 0.0273. The van der Waals surface area contributed by atoms with Crippen molar-refractivity contribution in [2.75, 3.05) is 19.6 Å². The maximum atomic E-state index is 12.0. The summed E-state index contributed by atoms with van der Waals surface area (Å²) in [5, 5.41) is 0. The van der Waals surface area contributed by atoms with Crippen LogP contribution in [0.3, 0.4) is 0 Å². The maximum absolute atomic E-state index is 12.0. The van der Waals surface area contributed by atoms with Crippen molar-refractivity contribution in [2.24, 2.45) is 17.1 Å². The molecule has 0 aromatic rings. The minimum Gasteiger partial charge on any atom is -0.444 e. The Morgan fingerprint density at radius 1 is 1.44 bits per heavy atom. The van der Waals surface area contributed by atoms with Crippen molar-refractivity contribution in [2.45, 2.75) is 52.1 Å². The summed E-state index contributed by atoms with van der Waals surface area (Å²) < 4.78 is 5.44. The number of rotatable bonds is 1. The molecule has 2 fully saturated rings. The molecule has 4 nitrogen and oxygen atoms in total. The molecule has 18 heavy (non-hydrogen) atoms. The molecule has 1 aliphatic carbocycles. The fourth-order valence-corrected chi connectivity index (χ4v) is 3.32. The van der Waals surface area contributed by atoms with Gasteiger partial charge in [0, 0.05) is 13.1 Å². The SMILES string of the molecule is CC(C)(C)OC(=O)N1CC[C@@]2(CC[C@@H](CN)C2)C1. The second-order valence-electron chi connectivity index (χ2n) is 7.00. The van der Waals surface area contributed by atoms with Gasteiger partial charge >= 0.3 is 6.09 Å². The van der Waals surface area contributed by atoms with E-state index in [0.29, 0.717) is 11.3 Å². The number of likely N-dealkylation sites (tertiary alicyclic amines) is 1. The van der Waals surface area contributed by atoms with Gasteiger partial charge in [-0.1, -0.05) is 0 Å². The normalized spacial score (nSPS) is 32.2. The predicted molar refractivity (Wildman–Crippen MR) is 71.3 cm³/mol. The zero-order chi connectivity index (χ0) is 13.4. The topological polar surface area (TPSA) is 55.6 Å². The number of amides is 1. The highest BCUT2D eigenvalue weighted by Gasteiger charge is 2.45. The van der Waals surface area contributed by atoms with E-state index in [2.05, 4.69) is 0 Å². The van der Waals surface area contributed by atoms with Gasteiger partial charge in [0.15, 0.2) is 0 Å². The molecule has 4 heteroatoms.